The maximum absolute atomic E-state index is 13.5. The first-order valence-electron chi connectivity index (χ1n) is 11.8. The summed E-state index contributed by atoms with van der Waals surface area (Å²) >= 11 is 7.17. The smallest absolute Gasteiger partial charge is 0.264 e. The van der Waals surface area contributed by atoms with E-state index < -0.39 is 32.0 Å². The van der Waals surface area contributed by atoms with E-state index in [-0.39, 0.29) is 18.4 Å². The average molecular weight is 555 g/mol. The molecular weight excluding hydrogens is 524 g/mol. The van der Waals surface area contributed by atoms with Gasteiger partial charge in [0.15, 0.2) is 9.84 Å². The number of hydrogen-bond acceptors (Lipinski definition) is 7. The minimum absolute atomic E-state index is 0.0320. The van der Waals surface area contributed by atoms with Gasteiger partial charge in [0, 0.05) is 29.5 Å². The summed E-state index contributed by atoms with van der Waals surface area (Å²) in [6.45, 7) is 4.64. The van der Waals surface area contributed by atoms with Crippen LogP contribution in [0.1, 0.15) is 62.7 Å². The number of rotatable bonds is 9. The zero-order valence-electron chi connectivity index (χ0n) is 20.5. The van der Waals surface area contributed by atoms with E-state index in [1.807, 2.05) is 19.1 Å². The number of thiophene rings is 1. The normalized spacial score (nSPS) is 18.1. The number of carbonyl (C=O) groups excluding carboxylic acids is 2. The van der Waals surface area contributed by atoms with Crippen LogP contribution < -0.4 is 5.32 Å². The first-order valence-corrected chi connectivity index (χ1v) is 14.5. The third-order valence-electron chi connectivity index (χ3n) is 7.41. The van der Waals surface area contributed by atoms with Gasteiger partial charge in [0.2, 0.25) is 0 Å². The Balaban J connectivity index is 1.51. The number of benzene rings is 1. The number of nitrogens with zero attached hydrogens (tertiary/aromatic N) is 1. The molecule has 1 aromatic heterocycles. The maximum Gasteiger partial charge on any atom is 0.264 e. The lowest BCUT2D eigenvalue weighted by atomic mass is 10.0. The summed E-state index contributed by atoms with van der Waals surface area (Å²) in [5.74, 6) is -0.523. The van der Waals surface area contributed by atoms with Gasteiger partial charge in [-0.15, -0.1) is 11.3 Å². The van der Waals surface area contributed by atoms with Gasteiger partial charge in [-0.2, -0.15) is 0 Å². The molecule has 1 fully saturated rings. The zero-order valence-corrected chi connectivity index (χ0v) is 22.9. The fourth-order valence-electron chi connectivity index (χ4n) is 4.77. The summed E-state index contributed by atoms with van der Waals surface area (Å²) in [7, 11) is -3.86. The Kier molecular flexibility index (Phi) is 7.31. The number of aryl methyl sites for hydroxylation is 1. The highest BCUT2D eigenvalue weighted by molar-refractivity contribution is 7.94. The summed E-state index contributed by atoms with van der Waals surface area (Å²) in [6.07, 6.45) is -0.170. The minimum Gasteiger partial charge on any atom is -0.394 e. The second kappa shape index (κ2) is 9.72. The molecule has 1 atom stereocenters. The lowest BCUT2D eigenvalue weighted by Crippen LogP contribution is -2.55. The first kappa shape index (κ1) is 27.1. The van der Waals surface area contributed by atoms with Gasteiger partial charge in [-0.1, -0.05) is 23.7 Å². The van der Waals surface area contributed by atoms with E-state index in [9.17, 15) is 28.2 Å². The van der Waals surface area contributed by atoms with E-state index in [4.69, 9.17) is 11.6 Å². The van der Waals surface area contributed by atoms with Crippen LogP contribution in [0, 0.1) is 6.92 Å². The number of nitrogens with one attached hydrogen (secondary N) is 1. The third kappa shape index (κ3) is 4.58. The van der Waals surface area contributed by atoms with Crippen LogP contribution in [0.2, 0.25) is 5.02 Å². The molecule has 1 aliphatic carbocycles. The van der Waals surface area contributed by atoms with Crippen molar-refractivity contribution in [1.82, 2.24) is 10.2 Å². The number of aliphatic hydroxyl groups excluding tert-OH is 2. The molecule has 2 heterocycles. The molecule has 2 amide bonds. The van der Waals surface area contributed by atoms with Gasteiger partial charge in [-0.05, 0) is 63.3 Å². The van der Waals surface area contributed by atoms with Crippen LogP contribution in [0.15, 0.2) is 24.3 Å². The fourth-order valence-corrected chi connectivity index (χ4v) is 8.58. The Morgan fingerprint density at radius 1 is 1.28 bits per heavy atom. The average Bonchev–Trinajstić information content (AvgIpc) is 3.55. The molecule has 36 heavy (non-hydrogen) atoms. The summed E-state index contributed by atoms with van der Waals surface area (Å²) in [4.78, 5) is 29.2. The molecule has 0 unspecified atom stereocenters. The van der Waals surface area contributed by atoms with Gasteiger partial charge in [0.1, 0.15) is 0 Å². The predicted octanol–water partition coefficient (Wildman–Crippen LogP) is 2.72. The molecule has 3 N–H and O–H groups in total. The molecule has 2 aliphatic rings. The van der Waals surface area contributed by atoms with Crippen molar-refractivity contribution in [1.29, 1.82) is 0 Å². The van der Waals surface area contributed by atoms with Crippen LogP contribution in [0.25, 0.3) is 0 Å². The Hall–Kier alpha value is -1.98. The van der Waals surface area contributed by atoms with Gasteiger partial charge >= 0.3 is 0 Å². The number of halogens is 1. The van der Waals surface area contributed by atoms with Gasteiger partial charge < -0.3 is 20.4 Å². The summed E-state index contributed by atoms with van der Waals surface area (Å²) < 4.78 is 24.2. The lowest BCUT2D eigenvalue weighted by Gasteiger charge is -2.36. The Morgan fingerprint density at radius 3 is 2.50 bits per heavy atom. The van der Waals surface area contributed by atoms with E-state index in [1.54, 1.807) is 17.0 Å². The maximum atomic E-state index is 13.5. The molecule has 196 valence electrons. The number of hydrogen-bond donors (Lipinski definition) is 3. The number of fused-ring (bicyclic) bond motifs is 1. The van der Waals surface area contributed by atoms with Crippen molar-refractivity contribution in [3.8, 4) is 0 Å². The van der Waals surface area contributed by atoms with Gasteiger partial charge in [0.25, 0.3) is 11.8 Å². The van der Waals surface area contributed by atoms with Crippen LogP contribution in [0.5, 0.6) is 0 Å². The molecule has 2 aromatic rings. The van der Waals surface area contributed by atoms with Gasteiger partial charge in [0.05, 0.1) is 32.6 Å². The largest absolute Gasteiger partial charge is 0.394 e. The van der Waals surface area contributed by atoms with Crippen LogP contribution in [0.3, 0.4) is 0 Å². The van der Waals surface area contributed by atoms with Gasteiger partial charge in [-0.3, -0.25) is 9.59 Å². The summed E-state index contributed by atoms with van der Waals surface area (Å²) in [6, 6.07) is 7.18. The van der Waals surface area contributed by atoms with E-state index in [1.165, 1.54) is 25.2 Å². The van der Waals surface area contributed by atoms with Crippen molar-refractivity contribution in [3.63, 3.8) is 0 Å². The van der Waals surface area contributed by atoms with Gasteiger partial charge in [-0.25, -0.2) is 8.42 Å². The summed E-state index contributed by atoms with van der Waals surface area (Å²) in [5, 5.41) is 23.1. The molecular formula is C25H31ClN2O6S2. The molecule has 8 nitrogen and oxygen atoms in total. The first-order chi connectivity index (χ1) is 16.8. The molecule has 1 aliphatic heterocycles. The van der Waals surface area contributed by atoms with Crippen molar-refractivity contribution >= 4 is 44.6 Å². The van der Waals surface area contributed by atoms with Crippen molar-refractivity contribution in [2.24, 2.45) is 0 Å². The second-order valence-electron chi connectivity index (χ2n) is 10.1. The van der Waals surface area contributed by atoms with Crippen molar-refractivity contribution in [3.05, 3.63) is 55.7 Å². The van der Waals surface area contributed by atoms with Crippen LogP contribution >= 0.6 is 22.9 Å². The molecule has 1 aromatic carbocycles. The zero-order chi connectivity index (χ0) is 26.5. The third-order valence-corrected chi connectivity index (χ3v) is 12.1. The van der Waals surface area contributed by atoms with Crippen molar-refractivity contribution in [2.75, 3.05) is 19.7 Å². The number of carbonyl (C=O) groups is 2. The highest BCUT2D eigenvalue weighted by Gasteiger charge is 2.62. The molecule has 1 saturated carbocycles. The quantitative estimate of drug-likeness (QED) is 0.438. The standard InChI is InChI=1S/C25H31ClN2O6S2/c1-15-20(22(31)27-12-16-4-6-17(26)7-5-16)18-8-11-28(23(32)21(18)35-15)14-25(9-10-25)36(33,34)24(2,3)19(30)13-29/h4-7,19,29-30H,8-14H2,1-3H3,(H,27,31)/t19-/m1/s1. The minimum atomic E-state index is -3.86. The Morgan fingerprint density at radius 2 is 1.92 bits per heavy atom. The Bertz CT molecular complexity index is 1280. The van der Waals surface area contributed by atoms with E-state index in [0.717, 1.165) is 10.4 Å². The van der Waals surface area contributed by atoms with Crippen molar-refractivity contribution in [2.45, 2.75) is 62.2 Å². The molecule has 0 saturated heterocycles. The predicted molar refractivity (Wildman–Crippen MR) is 139 cm³/mol. The highest BCUT2D eigenvalue weighted by atomic mass is 35.5. The molecule has 4 rings (SSSR count). The molecule has 0 spiro atoms. The fraction of sp³-hybridized carbons (Fsp3) is 0.520. The number of amides is 2. The molecule has 0 radical (unpaired) electrons. The lowest BCUT2D eigenvalue weighted by molar-refractivity contribution is 0.0676. The monoisotopic (exact) mass is 554 g/mol. The van der Waals surface area contributed by atoms with E-state index >= 15 is 0 Å². The van der Waals surface area contributed by atoms with E-state index in [0.29, 0.717) is 53.4 Å². The van der Waals surface area contributed by atoms with Crippen LogP contribution in [-0.4, -0.2) is 70.6 Å². The van der Waals surface area contributed by atoms with E-state index in [2.05, 4.69) is 5.32 Å². The van der Waals surface area contributed by atoms with Crippen LogP contribution in [0.4, 0.5) is 0 Å². The SMILES string of the molecule is Cc1sc2c(c1C(=O)NCc1ccc(Cl)cc1)CCN(CC1(S(=O)(=O)C(C)(C)[C@H](O)CO)CC1)C2=O. The Labute approximate surface area is 220 Å². The molecule has 11 heteroatoms. The number of sulfone groups is 1. The van der Waals surface area contributed by atoms with Crippen molar-refractivity contribution < 1.29 is 28.2 Å². The molecule has 0 bridgehead atoms. The second-order valence-corrected chi connectivity index (χ2v) is 14.7. The topological polar surface area (TPSA) is 124 Å². The number of aliphatic hydroxyl groups is 2. The van der Waals surface area contributed by atoms with Crippen LogP contribution in [-0.2, 0) is 22.8 Å². The highest BCUT2D eigenvalue weighted by Crippen LogP contribution is 2.50. The summed E-state index contributed by atoms with van der Waals surface area (Å²) in [5.41, 5.74) is 2.12.